The van der Waals surface area contributed by atoms with Crippen LogP contribution in [0.1, 0.15) is 15.9 Å². The lowest BCUT2D eigenvalue weighted by Crippen LogP contribution is -2.33. The number of amides is 1. The molecule has 0 saturated carbocycles. The summed E-state index contributed by atoms with van der Waals surface area (Å²) in [6, 6.07) is 5.64. The van der Waals surface area contributed by atoms with Crippen molar-refractivity contribution < 1.29 is 9.53 Å². The van der Waals surface area contributed by atoms with E-state index in [4.69, 9.17) is 4.74 Å². The summed E-state index contributed by atoms with van der Waals surface area (Å²) in [6.07, 6.45) is 0. The standard InChI is InChI=1S/C13H19BrN2O2.ClH/c1-10-9-11(14)3-4-12(10)13(17)16-6-5-15-7-8-18-2;/h3-4,9,15H,5-8H2,1-2H3,(H,16,17);1H. The van der Waals surface area contributed by atoms with Gasteiger partial charge in [0.1, 0.15) is 0 Å². The van der Waals surface area contributed by atoms with Crippen molar-refractivity contribution >= 4 is 34.2 Å². The third-order valence-electron chi connectivity index (χ3n) is 2.50. The maximum absolute atomic E-state index is 11.9. The normalized spacial score (nSPS) is 9.84. The first-order chi connectivity index (χ1) is 8.65. The van der Waals surface area contributed by atoms with Crippen LogP contribution in [0, 0.1) is 6.92 Å². The van der Waals surface area contributed by atoms with Crippen LogP contribution < -0.4 is 10.6 Å². The quantitative estimate of drug-likeness (QED) is 0.740. The highest BCUT2D eigenvalue weighted by Crippen LogP contribution is 2.15. The van der Waals surface area contributed by atoms with Gasteiger partial charge in [0.15, 0.2) is 0 Å². The third-order valence-corrected chi connectivity index (χ3v) is 3.00. The largest absolute Gasteiger partial charge is 0.383 e. The van der Waals surface area contributed by atoms with E-state index in [0.29, 0.717) is 13.2 Å². The van der Waals surface area contributed by atoms with E-state index in [-0.39, 0.29) is 18.3 Å². The molecule has 0 radical (unpaired) electrons. The third kappa shape index (κ3) is 6.92. The van der Waals surface area contributed by atoms with Gasteiger partial charge in [0.05, 0.1) is 6.61 Å². The predicted molar refractivity (Wildman–Crippen MR) is 83.2 cm³/mol. The van der Waals surface area contributed by atoms with Gasteiger partial charge in [-0.15, -0.1) is 12.4 Å². The van der Waals surface area contributed by atoms with Crippen molar-refractivity contribution in [2.45, 2.75) is 6.92 Å². The van der Waals surface area contributed by atoms with Gasteiger partial charge in [0, 0.05) is 36.8 Å². The van der Waals surface area contributed by atoms with E-state index < -0.39 is 0 Å². The number of rotatable bonds is 7. The van der Waals surface area contributed by atoms with Crippen molar-refractivity contribution in [2.24, 2.45) is 0 Å². The van der Waals surface area contributed by atoms with E-state index >= 15 is 0 Å². The van der Waals surface area contributed by atoms with Crippen molar-refractivity contribution in [1.29, 1.82) is 0 Å². The van der Waals surface area contributed by atoms with Crippen LogP contribution in [-0.2, 0) is 4.74 Å². The maximum atomic E-state index is 11.9. The molecule has 19 heavy (non-hydrogen) atoms. The number of hydrogen-bond acceptors (Lipinski definition) is 3. The van der Waals surface area contributed by atoms with Gasteiger partial charge in [-0.25, -0.2) is 0 Å². The first kappa shape index (κ1) is 18.4. The molecule has 0 atom stereocenters. The minimum absolute atomic E-state index is 0. The van der Waals surface area contributed by atoms with Gasteiger partial charge >= 0.3 is 0 Å². The van der Waals surface area contributed by atoms with Crippen LogP contribution in [0.3, 0.4) is 0 Å². The summed E-state index contributed by atoms with van der Waals surface area (Å²) in [4.78, 5) is 11.9. The minimum Gasteiger partial charge on any atom is -0.383 e. The molecule has 6 heteroatoms. The Balaban J connectivity index is 0.00000324. The van der Waals surface area contributed by atoms with Crippen LogP contribution in [0.2, 0.25) is 0 Å². The predicted octanol–water partition coefficient (Wildman–Crippen LogP) is 2.15. The Hall–Kier alpha value is -0.620. The van der Waals surface area contributed by atoms with E-state index in [0.717, 1.165) is 28.7 Å². The monoisotopic (exact) mass is 350 g/mol. The van der Waals surface area contributed by atoms with Gasteiger partial charge in [-0.05, 0) is 30.7 Å². The van der Waals surface area contributed by atoms with E-state index in [2.05, 4.69) is 26.6 Å². The first-order valence-electron chi connectivity index (χ1n) is 5.89. The fraction of sp³-hybridized carbons (Fsp3) is 0.462. The molecule has 0 fully saturated rings. The average Bonchev–Trinajstić information content (AvgIpc) is 2.33. The second-order valence-corrected chi connectivity index (χ2v) is 4.87. The zero-order valence-corrected chi connectivity index (χ0v) is 13.6. The number of benzene rings is 1. The molecule has 0 unspecified atom stereocenters. The fourth-order valence-corrected chi connectivity index (χ4v) is 2.02. The summed E-state index contributed by atoms with van der Waals surface area (Å²) >= 11 is 3.38. The van der Waals surface area contributed by atoms with Gasteiger partial charge in [-0.3, -0.25) is 4.79 Å². The summed E-state index contributed by atoms with van der Waals surface area (Å²) in [7, 11) is 1.67. The Kier molecular flexibility index (Phi) is 9.87. The van der Waals surface area contributed by atoms with E-state index in [1.807, 2.05) is 25.1 Å². The number of ether oxygens (including phenoxy) is 1. The summed E-state index contributed by atoms with van der Waals surface area (Å²) < 4.78 is 5.90. The molecule has 0 saturated heterocycles. The zero-order valence-electron chi connectivity index (χ0n) is 11.2. The van der Waals surface area contributed by atoms with E-state index in [1.165, 1.54) is 0 Å². The van der Waals surface area contributed by atoms with Gasteiger partial charge in [-0.1, -0.05) is 15.9 Å². The summed E-state index contributed by atoms with van der Waals surface area (Å²) in [5.41, 5.74) is 1.68. The van der Waals surface area contributed by atoms with Crippen LogP contribution in [0.25, 0.3) is 0 Å². The topological polar surface area (TPSA) is 50.4 Å². The van der Waals surface area contributed by atoms with Gasteiger partial charge in [0.25, 0.3) is 5.91 Å². The summed E-state index contributed by atoms with van der Waals surface area (Å²) in [5.74, 6) is -0.0338. The molecular weight excluding hydrogens is 332 g/mol. The van der Waals surface area contributed by atoms with E-state index in [1.54, 1.807) is 7.11 Å². The molecule has 1 amide bonds. The van der Waals surface area contributed by atoms with Crippen LogP contribution in [0.15, 0.2) is 22.7 Å². The van der Waals surface area contributed by atoms with Gasteiger partial charge in [-0.2, -0.15) is 0 Å². The minimum atomic E-state index is -0.0338. The molecular formula is C13H20BrClN2O2. The molecule has 108 valence electrons. The van der Waals surface area contributed by atoms with E-state index in [9.17, 15) is 4.79 Å². The van der Waals surface area contributed by atoms with Crippen molar-refractivity contribution in [1.82, 2.24) is 10.6 Å². The highest BCUT2D eigenvalue weighted by molar-refractivity contribution is 9.10. The number of carbonyl (C=O) groups is 1. The molecule has 0 bridgehead atoms. The molecule has 0 spiro atoms. The van der Waals surface area contributed by atoms with Gasteiger partial charge in [0.2, 0.25) is 0 Å². The smallest absolute Gasteiger partial charge is 0.251 e. The Bertz CT molecular complexity index is 402. The molecule has 2 N–H and O–H groups in total. The Morgan fingerprint density at radius 1 is 1.32 bits per heavy atom. The molecule has 0 aromatic heterocycles. The molecule has 4 nitrogen and oxygen atoms in total. The molecule has 1 rings (SSSR count). The lowest BCUT2D eigenvalue weighted by atomic mass is 10.1. The molecule has 1 aromatic rings. The lowest BCUT2D eigenvalue weighted by molar-refractivity contribution is 0.0953. The average molecular weight is 352 g/mol. The molecule has 0 heterocycles. The first-order valence-corrected chi connectivity index (χ1v) is 6.68. The van der Waals surface area contributed by atoms with Crippen LogP contribution >= 0.6 is 28.3 Å². The number of methoxy groups -OCH3 is 1. The fourth-order valence-electron chi connectivity index (χ4n) is 1.54. The number of aryl methyl sites for hydroxylation is 1. The second kappa shape index (κ2) is 10.2. The number of nitrogens with one attached hydrogen (secondary N) is 2. The molecule has 0 aliphatic rings. The SMILES string of the molecule is COCCNCCNC(=O)c1ccc(Br)cc1C.Cl. The van der Waals surface area contributed by atoms with Crippen molar-refractivity contribution in [3.05, 3.63) is 33.8 Å². The molecule has 0 aliphatic carbocycles. The Morgan fingerprint density at radius 3 is 2.68 bits per heavy atom. The molecule has 0 aliphatic heterocycles. The Labute approximate surface area is 128 Å². The lowest BCUT2D eigenvalue weighted by Gasteiger charge is -2.08. The van der Waals surface area contributed by atoms with Crippen LogP contribution in [0.5, 0.6) is 0 Å². The summed E-state index contributed by atoms with van der Waals surface area (Å²) in [5, 5.41) is 6.05. The Morgan fingerprint density at radius 2 is 2.05 bits per heavy atom. The number of halogens is 2. The maximum Gasteiger partial charge on any atom is 0.251 e. The van der Waals surface area contributed by atoms with Crippen LogP contribution in [-0.4, -0.2) is 39.3 Å². The zero-order chi connectivity index (χ0) is 13.4. The highest BCUT2D eigenvalue weighted by atomic mass is 79.9. The second-order valence-electron chi connectivity index (χ2n) is 3.96. The van der Waals surface area contributed by atoms with Gasteiger partial charge < -0.3 is 15.4 Å². The number of carbonyl (C=O) groups excluding carboxylic acids is 1. The summed E-state index contributed by atoms with van der Waals surface area (Å²) in [6.45, 7) is 4.75. The van der Waals surface area contributed by atoms with Crippen molar-refractivity contribution in [3.63, 3.8) is 0 Å². The van der Waals surface area contributed by atoms with Crippen LogP contribution in [0.4, 0.5) is 0 Å². The van der Waals surface area contributed by atoms with Crippen molar-refractivity contribution in [2.75, 3.05) is 33.4 Å². The number of hydrogen-bond donors (Lipinski definition) is 2. The molecule has 1 aromatic carbocycles. The highest BCUT2D eigenvalue weighted by Gasteiger charge is 2.07. The van der Waals surface area contributed by atoms with Crippen molar-refractivity contribution in [3.8, 4) is 0 Å².